The van der Waals surface area contributed by atoms with Crippen LogP contribution in [0, 0.1) is 0 Å². The van der Waals surface area contributed by atoms with Gasteiger partial charge in [0, 0.05) is 22.2 Å². The highest BCUT2D eigenvalue weighted by atomic mass is 15.1. The summed E-state index contributed by atoms with van der Waals surface area (Å²) in [6, 6.07) is 58.9. The molecule has 9 aromatic rings. The Balaban J connectivity index is 1.21. The first-order chi connectivity index (χ1) is 25.2. The second-order valence-electron chi connectivity index (χ2n) is 16.2. The molecule has 52 heavy (non-hydrogen) atoms. The van der Waals surface area contributed by atoms with Crippen LogP contribution in [-0.2, 0) is 10.8 Å². The maximum absolute atomic E-state index is 2.47. The van der Waals surface area contributed by atoms with Crippen LogP contribution in [0.3, 0.4) is 0 Å². The average molecular weight is 668 g/mol. The van der Waals surface area contributed by atoms with E-state index in [2.05, 4.69) is 197 Å². The second-order valence-corrected chi connectivity index (χ2v) is 16.2. The topological polar surface area (TPSA) is 3.24 Å². The zero-order chi connectivity index (χ0) is 35.4. The summed E-state index contributed by atoms with van der Waals surface area (Å²) in [5.41, 5.74) is 12.9. The molecule has 0 fully saturated rings. The van der Waals surface area contributed by atoms with Gasteiger partial charge in [0.2, 0.25) is 0 Å². The maximum Gasteiger partial charge on any atom is 0.0540 e. The van der Waals surface area contributed by atoms with Gasteiger partial charge in [-0.2, -0.15) is 0 Å². The number of hydrogen-bond donors (Lipinski definition) is 0. The predicted molar refractivity (Wildman–Crippen MR) is 224 cm³/mol. The first kappa shape index (κ1) is 30.9. The molecule has 0 aliphatic heterocycles. The summed E-state index contributed by atoms with van der Waals surface area (Å²) < 4.78 is 0. The molecule has 10 rings (SSSR count). The molecule has 0 amide bonds. The van der Waals surface area contributed by atoms with E-state index in [4.69, 9.17) is 0 Å². The van der Waals surface area contributed by atoms with Gasteiger partial charge in [0.05, 0.1) is 5.69 Å². The van der Waals surface area contributed by atoms with Crippen LogP contribution in [0.4, 0.5) is 17.1 Å². The molecule has 0 N–H and O–H groups in total. The van der Waals surface area contributed by atoms with Crippen LogP contribution in [0.2, 0.25) is 0 Å². The van der Waals surface area contributed by atoms with E-state index in [1.54, 1.807) is 0 Å². The number of hydrogen-bond acceptors (Lipinski definition) is 1. The third-order valence-corrected chi connectivity index (χ3v) is 11.7. The lowest BCUT2D eigenvalue weighted by atomic mass is 9.77. The molecule has 250 valence electrons. The Bertz CT molecular complexity index is 2830. The highest BCUT2D eigenvalue weighted by Crippen LogP contribution is 2.57. The highest BCUT2D eigenvalue weighted by Gasteiger charge is 2.39. The first-order valence-electron chi connectivity index (χ1n) is 18.5. The second kappa shape index (κ2) is 11.0. The van der Waals surface area contributed by atoms with E-state index < -0.39 is 0 Å². The fourth-order valence-electron chi connectivity index (χ4n) is 9.20. The standard InChI is InChI=1S/C51H41N/c1-50(2,3)35-26-24-33(25-27-35)43-30-34-16-11-21-41-46(34)47-39(43)20-13-22-42(47)49-48(41)40-29-28-37(31-44(40)51(49,4)5)52(36-17-7-6-8-18-36)45-23-12-15-32-14-9-10-19-38(32)45/h6-31H,1-5H3. The molecule has 0 atom stereocenters. The fourth-order valence-corrected chi connectivity index (χ4v) is 9.20. The van der Waals surface area contributed by atoms with E-state index in [0.717, 1.165) is 5.69 Å². The summed E-state index contributed by atoms with van der Waals surface area (Å²) in [5.74, 6) is 0. The lowest BCUT2D eigenvalue weighted by Gasteiger charge is -2.29. The molecule has 1 aliphatic carbocycles. The normalized spacial score (nSPS) is 13.6. The summed E-state index contributed by atoms with van der Waals surface area (Å²) in [6.07, 6.45) is 0. The molecule has 9 aromatic carbocycles. The Kier molecular flexibility index (Phi) is 6.55. The molecule has 0 heterocycles. The van der Waals surface area contributed by atoms with Gasteiger partial charge in [-0.1, -0.05) is 156 Å². The van der Waals surface area contributed by atoms with E-state index in [1.165, 1.54) is 93.4 Å². The number of benzene rings is 9. The van der Waals surface area contributed by atoms with E-state index in [1.807, 2.05) is 0 Å². The smallest absolute Gasteiger partial charge is 0.0540 e. The first-order valence-corrected chi connectivity index (χ1v) is 18.5. The SMILES string of the molecule is CC(C)(C)c1ccc(-c2cc3cccc4c5c(c6cccc2c6c34)C(C)(C)c2cc(N(c3ccccc3)c3cccc4ccccc34)ccc2-5)cc1. The Morgan fingerprint density at radius 2 is 1.13 bits per heavy atom. The monoisotopic (exact) mass is 667 g/mol. The van der Waals surface area contributed by atoms with Crippen LogP contribution in [0.15, 0.2) is 158 Å². The van der Waals surface area contributed by atoms with Gasteiger partial charge in [0.15, 0.2) is 0 Å². The van der Waals surface area contributed by atoms with Gasteiger partial charge in [-0.25, -0.2) is 0 Å². The van der Waals surface area contributed by atoms with Gasteiger partial charge < -0.3 is 4.90 Å². The molecule has 0 saturated carbocycles. The number of anilines is 3. The molecule has 0 bridgehead atoms. The van der Waals surface area contributed by atoms with Crippen LogP contribution in [0.5, 0.6) is 0 Å². The molecular formula is C51H41N. The third-order valence-electron chi connectivity index (χ3n) is 11.7. The number of nitrogens with zero attached hydrogens (tertiary/aromatic N) is 1. The zero-order valence-corrected chi connectivity index (χ0v) is 30.5. The Labute approximate surface area is 306 Å². The lowest BCUT2D eigenvalue weighted by Crippen LogP contribution is -2.17. The zero-order valence-electron chi connectivity index (χ0n) is 30.5. The van der Waals surface area contributed by atoms with Crippen LogP contribution >= 0.6 is 0 Å². The van der Waals surface area contributed by atoms with Gasteiger partial charge in [-0.05, 0) is 118 Å². The predicted octanol–water partition coefficient (Wildman–Crippen LogP) is 14.5. The molecule has 0 aromatic heterocycles. The van der Waals surface area contributed by atoms with Crippen molar-refractivity contribution in [3.8, 4) is 22.3 Å². The third kappa shape index (κ3) is 4.42. The van der Waals surface area contributed by atoms with Crippen molar-refractivity contribution in [2.24, 2.45) is 0 Å². The summed E-state index contributed by atoms with van der Waals surface area (Å²) in [4.78, 5) is 2.43. The quantitative estimate of drug-likeness (QED) is 0.169. The van der Waals surface area contributed by atoms with E-state index in [9.17, 15) is 0 Å². The summed E-state index contributed by atoms with van der Waals surface area (Å²) in [5, 5.41) is 10.6. The molecule has 1 aliphatic rings. The van der Waals surface area contributed by atoms with Crippen LogP contribution in [0.25, 0.3) is 65.3 Å². The van der Waals surface area contributed by atoms with Crippen LogP contribution < -0.4 is 4.90 Å². The van der Waals surface area contributed by atoms with Gasteiger partial charge in [-0.15, -0.1) is 0 Å². The average Bonchev–Trinajstić information content (AvgIpc) is 3.40. The van der Waals surface area contributed by atoms with Crippen molar-refractivity contribution >= 4 is 60.2 Å². The van der Waals surface area contributed by atoms with Crippen molar-refractivity contribution in [3.63, 3.8) is 0 Å². The summed E-state index contributed by atoms with van der Waals surface area (Å²) >= 11 is 0. The summed E-state index contributed by atoms with van der Waals surface area (Å²) in [6.45, 7) is 11.7. The maximum atomic E-state index is 2.47. The van der Waals surface area contributed by atoms with E-state index in [-0.39, 0.29) is 10.8 Å². The molecule has 1 nitrogen and oxygen atoms in total. The Morgan fingerprint density at radius 1 is 0.481 bits per heavy atom. The van der Waals surface area contributed by atoms with Crippen molar-refractivity contribution in [3.05, 3.63) is 174 Å². The van der Waals surface area contributed by atoms with E-state index in [0.29, 0.717) is 0 Å². The van der Waals surface area contributed by atoms with Gasteiger partial charge in [-0.3, -0.25) is 0 Å². The molecule has 0 spiro atoms. The van der Waals surface area contributed by atoms with E-state index >= 15 is 0 Å². The van der Waals surface area contributed by atoms with Gasteiger partial charge in [0.25, 0.3) is 0 Å². The Hall–Kier alpha value is -5.92. The minimum absolute atomic E-state index is 0.117. The van der Waals surface area contributed by atoms with Gasteiger partial charge >= 0.3 is 0 Å². The molecule has 0 unspecified atom stereocenters. The van der Waals surface area contributed by atoms with Crippen molar-refractivity contribution in [2.75, 3.05) is 4.90 Å². The number of para-hydroxylation sites is 1. The fraction of sp³-hybridized carbons (Fsp3) is 0.137. The Morgan fingerprint density at radius 3 is 1.94 bits per heavy atom. The highest BCUT2D eigenvalue weighted by molar-refractivity contribution is 6.31. The van der Waals surface area contributed by atoms with Crippen molar-refractivity contribution in [2.45, 2.75) is 45.4 Å². The van der Waals surface area contributed by atoms with Crippen LogP contribution in [-0.4, -0.2) is 0 Å². The van der Waals surface area contributed by atoms with Crippen molar-refractivity contribution < 1.29 is 0 Å². The molecule has 1 heteroatoms. The minimum Gasteiger partial charge on any atom is -0.310 e. The molecular weight excluding hydrogens is 627 g/mol. The van der Waals surface area contributed by atoms with Crippen molar-refractivity contribution in [1.29, 1.82) is 0 Å². The van der Waals surface area contributed by atoms with Crippen LogP contribution in [0.1, 0.15) is 51.3 Å². The number of rotatable bonds is 4. The largest absolute Gasteiger partial charge is 0.310 e. The van der Waals surface area contributed by atoms with Gasteiger partial charge in [0.1, 0.15) is 0 Å². The number of fused-ring (bicyclic) bond motifs is 6. The van der Waals surface area contributed by atoms with Crippen molar-refractivity contribution in [1.82, 2.24) is 0 Å². The lowest BCUT2D eigenvalue weighted by molar-refractivity contribution is 0.590. The molecule has 0 saturated heterocycles. The minimum atomic E-state index is -0.222. The summed E-state index contributed by atoms with van der Waals surface area (Å²) in [7, 11) is 0. The molecule has 0 radical (unpaired) electrons.